The highest BCUT2D eigenvalue weighted by atomic mass is 79.9. The predicted octanol–water partition coefficient (Wildman–Crippen LogP) is 6.55. The van der Waals surface area contributed by atoms with Gasteiger partial charge in [-0.25, -0.2) is 0 Å². The van der Waals surface area contributed by atoms with E-state index in [1.807, 2.05) is 60.7 Å². The first-order valence-corrected chi connectivity index (χ1v) is 11.0. The Balaban J connectivity index is 1.65. The van der Waals surface area contributed by atoms with E-state index in [-0.39, 0.29) is 17.3 Å². The van der Waals surface area contributed by atoms with E-state index in [0.717, 1.165) is 11.1 Å². The van der Waals surface area contributed by atoms with Crippen molar-refractivity contribution in [1.29, 1.82) is 0 Å². The van der Waals surface area contributed by atoms with Crippen molar-refractivity contribution in [2.24, 2.45) is 0 Å². The van der Waals surface area contributed by atoms with Gasteiger partial charge in [-0.1, -0.05) is 72.8 Å². The molecule has 0 bridgehead atoms. The fraction of sp³-hybridized carbons (Fsp3) is 0.0370. The van der Waals surface area contributed by atoms with Gasteiger partial charge in [0.2, 0.25) is 16.9 Å². The van der Waals surface area contributed by atoms with Gasteiger partial charge in [0, 0.05) is 0 Å². The van der Waals surface area contributed by atoms with Gasteiger partial charge in [-0.05, 0) is 51.3 Å². The summed E-state index contributed by atoms with van der Waals surface area (Å²) in [6.07, 6.45) is 0. The molecule has 5 rings (SSSR count). The van der Waals surface area contributed by atoms with Gasteiger partial charge in [0.05, 0.1) is 5.39 Å². The summed E-state index contributed by atoms with van der Waals surface area (Å²) >= 11 is 3.26. The van der Waals surface area contributed by atoms with Gasteiger partial charge in [-0.15, -0.1) is 0 Å². The summed E-state index contributed by atoms with van der Waals surface area (Å²) in [5, 5.41) is 0.311. The summed E-state index contributed by atoms with van der Waals surface area (Å²) in [4.78, 5) is 26.9. The molecular formula is C27H17BrO5. The van der Waals surface area contributed by atoms with Crippen LogP contribution in [0.15, 0.2) is 115 Å². The third kappa shape index (κ3) is 4.13. The first kappa shape index (κ1) is 21.0. The third-order valence-corrected chi connectivity index (χ3v) is 5.68. The summed E-state index contributed by atoms with van der Waals surface area (Å²) in [6.45, 7) is 0. The molecule has 0 N–H and O–H groups in total. The van der Waals surface area contributed by atoms with E-state index in [9.17, 15) is 9.59 Å². The number of furan rings is 1. The van der Waals surface area contributed by atoms with Gasteiger partial charge in [0.15, 0.2) is 10.4 Å². The van der Waals surface area contributed by atoms with Crippen LogP contribution in [0.1, 0.15) is 17.0 Å². The number of benzene rings is 3. The fourth-order valence-electron chi connectivity index (χ4n) is 3.73. The molecule has 0 atom stereocenters. The van der Waals surface area contributed by atoms with Crippen molar-refractivity contribution in [3.8, 4) is 17.3 Å². The van der Waals surface area contributed by atoms with E-state index in [0.29, 0.717) is 15.6 Å². The Morgan fingerprint density at radius 2 is 1.36 bits per heavy atom. The molecule has 2 heterocycles. The molecule has 0 saturated carbocycles. The van der Waals surface area contributed by atoms with Crippen molar-refractivity contribution in [2.45, 2.75) is 5.92 Å². The molecule has 0 saturated heterocycles. The molecule has 0 amide bonds. The maximum atomic E-state index is 13.5. The highest BCUT2D eigenvalue weighted by Crippen LogP contribution is 2.35. The Morgan fingerprint density at radius 3 is 1.97 bits per heavy atom. The van der Waals surface area contributed by atoms with Gasteiger partial charge in [-0.2, -0.15) is 0 Å². The summed E-state index contributed by atoms with van der Waals surface area (Å²) in [7, 11) is 0. The minimum atomic E-state index is -0.727. The quantitative estimate of drug-likeness (QED) is 0.256. The molecule has 162 valence electrons. The highest BCUT2D eigenvalue weighted by Gasteiger charge is 2.29. The minimum absolute atomic E-state index is 0.0534. The third-order valence-electron chi connectivity index (χ3n) is 5.26. The molecule has 0 radical (unpaired) electrons. The van der Waals surface area contributed by atoms with Crippen LogP contribution in [0.5, 0.6) is 5.75 Å². The lowest BCUT2D eigenvalue weighted by atomic mass is 9.91. The van der Waals surface area contributed by atoms with E-state index in [1.165, 1.54) is 0 Å². The average Bonchev–Trinajstić information content (AvgIpc) is 3.28. The van der Waals surface area contributed by atoms with Crippen molar-refractivity contribution < 1.29 is 18.4 Å². The number of carbonyl (C=O) groups excluding carboxylic acids is 1. The van der Waals surface area contributed by atoms with Crippen LogP contribution in [0, 0.1) is 0 Å². The van der Waals surface area contributed by atoms with E-state index in [1.54, 1.807) is 36.4 Å². The number of halogens is 1. The van der Waals surface area contributed by atoms with Crippen LogP contribution in [0.3, 0.4) is 0 Å². The maximum Gasteiger partial charge on any atom is 0.323 e. The largest absolute Gasteiger partial charge is 0.449 e. The molecule has 6 heteroatoms. The molecule has 5 aromatic rings. The summed E-state index contributed by atoms with van der Waals surface area (Å²) in [6, 6.07) is 28.7. The van der Waals surface area contributed by atoms with E-state index in [2.05, 4.69) is 15.9 Å². The Morgan fingerprint density at radius 1 is 0.758 bits per heavy atom. The molecule has 2 aromatic heterocycles. The zero-order valence-corrected chi connectivity index (χ0v) is 18.8. The zero-order valence-electron chi connectivity index (χ0n) is 17.2. The number of para-hydroxylation sites is 1. The Kier molecular flexibility index (Phi) is 5.67. The van der Waals surface area contributed by atoms with Crippen molar-refractivity contribution in [1.82, 2.24) is 0 Å². The number of fused-ring (bicyclic) bond motifs is 1. The first-order chi connectivity index (χ1) is 16.1. The van der Waals surface area contributed by atoms with Crippen LogP contribution in [-0.4, -0.2) is 5.97 Å². The molecular weight excluding hydrogens is 484 g/mol. The molecule has 3 aromatic carbocycles. The van der Waals surface area contributed by atoms with E-state index >= 15 is 0 Å². The zero-order chi connectivity index (χ0) is 22.8. The second-order valence-corrected chi connectivity index (χ2v) is 8.15. The fourth-order valence-corrected chi connectivity index (χ4v) is 4.04. The lowest BCUT2D eigenvalue weighted by Crippen LogP contribution is -2.23. The first-order valence-electron chi connectivity index (χ1n) is 10.2. The highest BCUT2D eigenvalue weighted by molar-refractivity contribution is 9.10. The van der Waals surface area contributed by atoms with Crippen molar-refractivity contribution in [3.05, 3.63) is 123 Å². The van der Waals surface area contributed by atoms with Crippen LogP contribution in [0.2, 0.25) is 0 Å². The molecule has 5 nitrogen and oxygen atoms in total. The smallest absolute Gasteiger partial charge is 0.323 e. The van der Waals surface area contributed by atoms with Crippen LogP contribution < -0.4 is 10.2 Å². The van der Waals surface area contributed by atoms with Crippen LogP contribution in [0.4, 0.5) is 0 Å². The number of carbonyl (C=O) groups is 1. The second-order valence-electron chi connectivity index (χ2n) is 7.36. The van der Waals surface area contributed by atoms with Gasteiger partial charge in [0.25, 0.3) is 0 Å². The summed E-state index contributed by atoms with van der Waals surface area (Å²) in [5.74, 6) is -1.21. The van der Waals surface area contributed by atoms with Crippen LogP contribution >= 0.6 is 15.9 Å². The van der Waals surface area contributed by atoms with E-state index in [4.69, 9.17) is 13.6 Å². The molecule has 0 aliphatic heterocycles. The molecule has 0 aliphatic carbocycles. The van der Waals surface area contributed by atoms with Gasteiger partial charge >= 0.3 is 5.97 Å². The lowest BCUT2D eigenvalue weighted by Gasteiger charge is -2.17. The predicted molar refractivity (Wildman–Crippen MR) is 128 cm³/mol. The normalized spacial score (nSPS) is 11.1. The monoisotopic (exact) mass is 500 g/mol. The minimum Gasteiger partial charge on any atom is -0.449 e. The summed E-state index contributed by atoms with van der Waals surface area (Å²) in [5.41, 5.74) is 1.42. The second kappa shape index (κ2) is 8.92. The van der Waals surface area contributed by atoms with Crippen molar-refractivity contribution >= 4 is 32.9 Å². The number of rotatable bonds is 5. The molecule has 0 spiro atoms. The Bertz CT molecular complexity index is 1450. The van der Waals surface area contributed by atoms with Crippen molar-refractivity contribution in [2.75, 3.05) is 0 Å². The number of hydrogen-bond acceptors (Lipinski definition) is 5. The average molecular weight is 501 g/mol. The van der Waals surface area contributed by atoms with Crippen molar-refractivity contribution in [3.63, 3.8) is 0 Å². The Hall–Kier alpha value is -3.90. The molecule has 0 unspecified atom stereocenters. The maximum absolute atomic E-state index is 13.5. The summed E-state index contributed by atoms with van der Waals surface area (Å²) < 4.78 is 17.8. The Labute approximate surface area is 197 Å². The topological polar surface area (TPSA) is 69.7 Å². The molecule has 0 fully saturated rings. The van der Waals surface area contributed by atoms with Gasteiger partial charge < -0.3 is 13.6 Å². The lowest BCUT2D eigenvalue weighted by molar-refractivity contribution is -0.135. The van der Waals surface area contributed by atoms with Crippen LogP contribution in [-0.2, 0) is 4.79 Å². The number of esters is 1. The molecule has 33 heavy (non-hydrogen) atoms. The SMILES string of the molecule is O=C(Oc1c(-c2ccc(Br)o2)oc2ccccc2c1=O)C(c1ccccc1)c1ccccc1. The van der Waals surface area contributed by atoms with Crippen LogP contribution in [0.25, 0.3) is 22.5 Å². The number of ether oxygens (including phenoxy) is 1. The van der Waals surface area contributed by atoms with Gasteiger partial charge in [0.1, 0.15) is 11.5 Å². The number of hydrogen-bond donors (Lipinski definition) is 0. The van der Waals surface area contributed by atoms with E-state index < -0.39 is 17.3 Å². The molecule has 0 aliphatic rings. The van der Waals surface area contributed by atoms with Gasteiger partial charge in [-0.3, -0.25) is 9.59 Å². The standard InChI is InChI=1S/C27H17BrO5/c28-22-16-15-21(31-22)25-26(24(29)19-13-7-8-14-20(19)32-25)33-27(30)23(17-9-3-1-4-10-17)18-11-5-2-6-12-18/h1-16,23H.